The van der Waals surface area contributed by atoms with Crippen LogP contribution in [-0.2, 0) is 11.3 Å². The van der Waals surface area contributed by atoms with Gasteiger partial charge in [-0.05, 0) is 51.8 Å². The van der Waals surface area contributed by atoms with Gasteiger partial charge < -0.3 is 9.64 Å². The predicted molar refractivity (Wildman–Crippen MR) is 88.2 cm³/mol. The Bertz CT molecular complexity index is 799. The minimum atomic E-state index is -0.508. The average Bonchev–Trinajstić information content (AvgIpc) is 3.13. The van der Waals surface area contributed by atoms with E-state index in [0.717, 1.165) is 23.9 Å². The maximum Gasteiger partial charge on any atom is 0.410 e. The van der Waals surface area contributed by atoms with Gasteiger partial charge in [-0.1, -0.05) is 5.21 Å². The first kappa shape index (κ1) is 16.2. The first-order valence-electron chi connectivity index (χ1n) is 8.10. The van der Waals surface area contributed by atoms with Crippen LogP contribution in [0.4, 0.5) is 4.79 Å². The van der Waals surface area contributed by atoms with Crippen molar-refractivity contribution in [3.05, 3.63) is 23.8 Å². The number of carbonyl (C=O) groups excluding carboxylic acids is 1. The summed E-state index contributed by atoms with van der Waals surface area (Å²) in [5.41, 5.74) is 1.62. The molecule has 1 atom stereocenters. The molecule has 1 unspecified atom stereocenters. The number of hydrogen-bond acceptors (Lipinski definition) is 5. The Hall–Kier alpha value is -2.62. The fraction of sp³-hybridized carbons (Fsp3) is 0.529. The number of likely N-dealkylation sites (tertiary alicyclic amines) is 1. The molecule has 2 heterocycles. The highest BCUT2D eigenvalue weighted by Crippen LogP contribution is 2.23. The Morgan fingerprint density at radius 2 is 2.25 bits per heavy atom. The van der Waals surface area contributed by atoms with Crippen LogP contribution in [0.1, 0.15) is 39.2 Å². The molecular formula is C17H21N5O2. The van der Waals surface area contributed by atoms with Crippen molar-refractivity contribution < 1.29 is 9.53 Å². The number of hydrogen-bond donors (Lipinski definition) is 0. The van der Waals surface area contributed by atoms with E-state index in [0.29, 0.717) is 18.7 Å². The topological polar surface area (TPSA) is 84.0 Å². The smallest absolute Gasteiger partial charge is 0.410 e. The molecule has 1 aliphatic heterocycles. The van der Waals surface area contributed by atoms with Crippen LogP contribution in [0.5, 0.6) is 0 Å². The molecule has 126 valence electrons. The number of carbonyl (C=O) groups is 1. The number of aromatic nitrogens is 3. The number of nitrogens with zero attached hydrogens (tertiary/aromatic N) is 5. The van der Waals surface area contributed by atoms with E-state index in [1.807, 2.05) is 20.8 Å². The first-order valence-corrected chi connectivity index (χ1v) is 8.10. The quantitative estimate of drug-likeness (QED) is 0.846. The summed E-state index contributed by atoms with van der Waals surface area (Å²) in [6.07, 6.45) is 1.56. The maximum absolute atomic E-state index is 12.4. The molecule has 24 heavy (non-hydrogen) atoms. The Labute approximate surface area is 140 Å². The number of rotatable bonds is 2. The van der Waals surface area contributed by atoms with Crippen molar-refractivity contribution in [1.82, 2.24) is 19.9 Å². The van der Waals surface area contributed by atoms with Gasteiger partial charge in [-0.2, -0.15) is 5.26 Å². The molecule has 1 aliphatic rings. The number of fused-ring (bicyclic) bond motifs is 1. The van der Waals surface area contributed by atoms with Gasteiger partial charge in [0.2, 0.25) is 0 Å². The molecule has 0 radical (unpaired) electrons. The highest BCUT2D eigenvalue weighted by Gasteiger charge is 2.32. The summed E-state index contributed by atoms with van der Waals surface area (Å²) in [6, 6.07) is 7.45. The summed E-state index contributed by atoms with van der Waals surface area (Å²) < 4.78 is 7.26. The third-order valence-electron chi connectivity index (χ3n) is 4.03. The van der Waals surface area contributed by atoms with Crippen molar-refractivity contribution in [3.63, 3.8) is 0 Å². The largest absolute Gasteiger partial charge is 0.444 e. The summed E-state index contributed by atoms with van der Waals surface area (Å²) in [5, 5.41) is 17.4. The standard InChI is InChI=1S/C17H21N5O2/c1-17(2,3)24-16(23)21-8-4-5-13(21)11-22-15-9-12(10-18)6-7-14(15)19-20-22/h6-7,9,13H,4-5,8,11H2,1-3H3. The lowest BCUT2D eigenvalue weighted by Gasteiger charge is -2.28. The van der Waals surface area contributed by atoms with Crippen LogP contribution in [0.3, 0.4) is 0 Å². The van der Waals surface area contributed by atoms with Crippen molar-refractivity contribution >= 4 is 17.1 Å². The Morgan fingerprint density at radius 3 is 2.96 bits per heavy atom. The second-order valence-corrected chi connectivity index (χ2v) is 7.06. The van der Waals surface area contributed by atoms with Crippen LogP contribution >= 0.6 is 0 Å². The Balaban J connectivity index is 1.80. The number of amides is 1. The molecule has 0 N–H and O–H groups in total. The lowest BCUT2D eigenvalue weighted by atomic mass is 10.2. The average molecular weight is 327 g/mol. The lowest BCUT2D eigenvalue weighted by molar-refractivity contribution is 0.0212. The molecule has 1 aromatic heterocycles. The van der Waals surface area contributed by atoms with Crippen molar-refractivity contribution in [3.8, 4) is 6.07 Å². The summed E-state index contributed by atoms with van der Waals surface area (Å²) in [6.45, 7) is 6.83. The molecule has 1 fully saturated rings. The van der Waals surface area contributed by atoms with Crippen LogP contribution in [0, 0.1) is 11.3 Å². The molecule has 1 saturated heterocycles. The van der Waals surface area contributed by atoms with Crippen molar-refractivity contribution in [1.29, 1.82) is 5.26 Å². The zero-order valence-corrected chi connectivity index (χ0v) is 14.2. The van der Waals surface area contributed by atoms with Crippen LogP contribution in [0.15, 0.2) is 18.2 Å². The third-order valence-corrected chi connectivity index (χ3v) is 4.03. The maximum atomic E-state index is 12.4. The summed E-state index contributed by atoms with van der Waals surface area (Å²) in [4.78, 5) is 14.1. The number of ether oxygens (including phenoxy) is 1. The first-order chi connectivity index (χ1) is 11.4. The molecule has 7 heteroatoms. The van der Waals surface area contributed by atoms with E-state index in [9.17, 15) is 4.79 Å². The van der Waals surface area contributed by atoms with E-state index < -0.39 is 5.60 Å². The second-order valence-electron chi connectivity index (χ2n) is 7.06. The summed E-state index contributed by atoms with van der Waals surface area (Å²) in [5.74, 6) is 0. The highest BCUT2D eigenvalue weighted by atomic mass is 16.6. The molecular weight excluding hydrogens is 306 g/mol. The van der Waals surface area contributed by atoms with Gasteiger partial charge in [-0.3, -0.25) is 0 Å². The van der Waals surface area contributed by atoms with E-state index in [1.54, 1.807) is 27.8 Å². The monoisotopic (exact) mass is 327 g/mol. The molecule has 0 bridgehead atoms. The van der Waals surface area contributed by atoms with Gasteiger partial charge >= 0.3 is 6.09 Å². The van der Waals surface area contributed by atoms with Crippen LogP contribution in [0.2, 0.25) is 0 Å². The van der Waals surface area contributed by atoms with Crippen molar-refractivity contribution in [2.45, 2.75) is 51.8 Å². The normalized spacial score (nSPS) is 17.9. The molecule has 1 amide bonds. The Kier molecular flexibility index (Phi) is 4.14. The minimum absolute atomic E-state index is 0.0236. The van der Waals surface area contributed by atoms with Crippen LogP contribution in [-0.4, -0.2) is 44.2 Å². The fourth-order valence-electron chi connectivity index (χ4n) is 2.96. The van der Waals surface area contributed by atoms with E-state index in [1.165, 1.54) is 0 Å². The van der Waals surface area contributed by atoms with E-state index >= 15 is 0 Å². The SMILES string of the molecule is CC(C)(C)OC(=O)N1CCCC1Cn1nnc2ccc(C#N)cc21. The second kappa shape index (κ2) is 6.11. The van der Waals surface area contributed by atoms with Crippen molar-refractivity contribution in [2.24, 2.45) is 0 Å². The number of nitriles is 1. The fourth-order valence-corrected chi connectivity index (χ4v) is 2.96. The summed E-state index contributed by atoms with van der Waals surface area (Å²) >= 11 is 0. The van der Waals surface area contributed by atoms with E-state index in [4.69, 9.17) is 10.00 Å². The predicted octanol–water partition coefficient (Wildman–Crippen LogP) is 2.70. The molecule has 0 aliphatic carbocycles. The van der Waals surface area contributed by atoms with Crippen LogP contribution in [0.25, 0.3) is 11.0 Å². The molecule has 0 saturated carbocycles. The zero-order chi connectivity index (χ0) is 17.3. The van der Waals surface area contributed by atoms with Gasteiger partial charge in [0, 0.05) is 6.54 Å². The molecule has 0 spiro atoms. The van der Waals surface area contributed by atoms with Gasteiger partial charge in [0.25, 0.3) is 0 Å². The van der Waals surface area contributed by atoms with E-state index in [2.05, 4.69) is 16.4 Å². The lowest BCUT2D eigenvalue weighted by Crippen LogP contribution is -2.41. The van der Waals surface area contributed by atoms with Gasteiger partial charge in [0.05, 0.1) is 29.7 Å². The molecule has 7 nitrogen and oxygen atoms in total. The minimum Gasteiger partial charge on any atom is -0.444 e. The number of benzene rings is 1. The van der Waals surface area contributed by atoms with Gasteiger partial charge in [0.1, 0.15) is 11.1 Å². The van der Waals surface area contributed by atoms with Gasteiger partial charge in [-0.25, -0.2) is 9.48 Å². The highest BCUT2D eigenvalue weighted by molar-refractivity contribution is 5.76. The summed E-state index contributed by atoms with van der Waals surface area (Å²) in [7, 11) is 0. The van der Waals surface area contributed by atoms with E-state index in [-0.39, 0.29) is 12.1 Å². The van der Waals surface area contributed by atoms with Gasteiger partial charge in [0.15, 0.2) is 0 Å². The molecule has 3 rings (SSSR count). The van der Waals surface area contributed by atoms with Crippen molar-refractivity contribution in [2.75, 3.05) is 6.54 Å². The zero-order valence-electron chi connectivity index (χ0n) is 14.2. The van der Waals surface area contributed by atoms with Gasteiger partial charge in [-0.15, -0.1) is 5.10 Å². The third kappa shape index (κ3) is 3.32. The molecule has 1 aromatic carbocycles. The Morgan fingerprint density at radius 1 is 1.46 bits per heavy atom. The van der Waals surface area contributed by atoms with Crippen LogP contribution < -0.4 is 0 Å². The molecule has 2 aromatic rings.